The summed E-state index contributed by atoms with van der Waals surface area (Å²) in [7, 11) is 0. The first-order chi connectivity index (χ1) is 6.29. The van der Waals surface area contributed by atoms with Crippen molar-refractivity contribution >= 4 is 6.09 Å². The number of alkyl halides is 1. The van der Waals surface area contributed by atoms with E-state index in [1.54, 1.807) is 20.8 Å². The quantitative estimate of drug-likeness (QED) is 0.604. The topological polar surface area (TPSA) is 29.5 Å². The predicted molar refractivity (Wildman–Crippen MR) is 51.9 cm³/mol. The van der Waals surface area contributed by atoms with Crippen molar-refractivity contribution in [2.24, 2.45) is 0 Å². The van der Waals surface area contributed by atoms with E-state index >= 15 is 0 Å². The summed E-state index contributed by atoms with van der Waals surface area (Å²) >= 11 is 0. The van der Waals surface area contributed by atoms with Crippen molar-refractivity contribution in [1.29, 1.82) is 0 Å². The number of rotatable bonds is 0. The highest BCUT2D eigenvalue weighted by atomic mass is 19.1. The molecule has 4 heteroatoms. The highest BCUT2D eigenvalue weighted by Gasteiger charge is 2.34. The fourth-order valence-electron chi connectivity index (χ4n) is 1.54. The highest BCUT2D eigenvalue weighted by molar-refractivity contribution is 5.69. The molecule has 1 rings (SSSR count). The summed E-state index contributed by atoms with van der Waals surface area (Å²) in [5.41, 5.74) is -0.509. The van der Waals surface area contributed by atoms with Crippen molar-refractivity contribution in [3.05, 3.63) is 0 Å². The SMILES string of the molecule is C[C@@H]1C[C@@H](F)CN1C(=O)OC(C)(C)C. The third-order valence-corrected chi connectivity index (χ3v) is 2.15. The van der Waals surface area contributed by atoms with E-state index in [4.69, 9.17) is 4.74 Å². The van der Waals surface area contributed by atoms with Crippen molar-refractivity contribution in [2.45, 2.75) is 51.9 Å². The van der Waals surface area contributed by atoms with Crippen LogP contribution in [0.2, 0.25) is 0 Å². The summed E-state index contributed by atoms with van der Waals surface area (Å²) < 4.78 is 18.1. The minimum atomic E-state index is -0.905. The second-order valence-electron chi connectivity index (χ2n) is 4.81. The van der Waals surface area contributed by atoms with Crippen LogP contribution in [0.1, 0.15) is 34.1 Å². The molecule has 0 saturated carbocycles. The van der Waals surface area contributed by atoms with Crippen LogP contribution < -0.4 is 0 Å². The van der Waals surface area contributed by atoms with Gasteiger partial charge in [-0.05, 0) is 27.7 Å². The van der Waals surface area contributed by atoms with E-state index in [-0.39, 0.29) is 12.6 Å². The van der Waals surface area contributed by atoms with Gasteiger partial charge in [-0.1, -0.05) is 0 Å². The number of likely N-dealkylation sites (tertiary alicyclic amines) is 1. The lowest BCUT2D eigenvalue weighted by atomic mass is 10.2. The van der Waals surface area contributed by atoms with Gasteiger partial charge in [0.1, 0.15) is 11.8 Å². The molecule has 1 amide bonds. The number of carbonyl (C=O) groups is 1. The molecule has 14 heavy (non-hydrogen) atoms. The standard InChI is InChI=1S/C10H18FNO2/c1-7-5-8(11)6-12(7)9(13)14-10(2,3)4/h7-8H,5-6H2,1-4H3/t7-,8-/m1/s1. The van der Waals surface area contributed by atoms with Gasteiger partial charge in [0.2, 0.25) is 0 Å². The molecule has 0 aliphatic carbocycles. The van der Waals surface area contributed by atoms with Gasteiger partial charge in [0.05, 0.1) is 6.54 Å². The average Bonchev–Trinajstić information content (AvgIpc) is 2.26. The van der Waals surface area contributed by atoms with Crippen molar-refractivity contribution in [3.63, 3.8) is 0 Å². The number of hydrogen-bond donors (Lipinski definition) is 0. The normalized spacial score (nSPS) is 27.9. The number of nitrogens with zero attached hydrogens (tertiary/aromatic N) is 1. The first kappa shape index (κ1) is 11.3. The van der Waals surface area contributed by atoms with E-state index in [0.717, 1.165) is 0 Å². The maximum absolute atomic E-state index is 13.0. The Balaban J connectivity index is 2.53. The first-order valence-electron chi connectivity index (χ1n) is 4.93. The number of ether oxygens (including phenoxy) is 1. The Labute approximate surface area is 84.2 Å². The van der Waals surface area contributed by atoms with E-state index in [9.17, 15) is 9.18 Å². The van der Waals surface area contributed by atoms with Gasteiger partial charge >= 0.3 is 6.09 Å². The highest BCUT2D eigenvalue weighted by Crippen LogP contribution is 2.22. The number of amides is 1. The lowest BCUT2D eigenvalue weighted by Crippen LogP contribution is -2.38. The molecule has 3 nitrogen and oxygen atoms in total. The molecule has 0 aromatic rings. The maximum atomic E-state index is 13.0. The van der Waals surface area contributed by atoms with Gasteiger partial charge in [0, 0.05) is 12.5 Å². The molecule has 0 unspecified atom stereocenters. The molecule has 1 aliphatic rings. The molecule has 1 aliphatic heterocycles. The van der Waals surface area contributed by atoms with Crippen molar-refractivity contribution in [2.75, 3.05) is 6.54 Å². The molecule has 2 atom stereocenters. The van der Waals surface area contributed by atoms with Crippen LogP contribution in [-0.2, 0) is 4.74 Å². The molecule has 1 heterocycles. The van der Waals surface area contributed by atoms with E-state index in [0.29, 0.717) is 6.42 Å². The van der Waals surface area contributed by atoms with Crippen LogP contribution in [0.4, 0.5) is 9.18 Å². The Kier molecular flexibility index (Phi) is 3.02. The first-order valence-corrected chi connectivity index (χ1v) is 4.93. The Morgan fingerprint density at radius 1 is 1.50 bits per heavy atom. The molecule has 0 N–H and O–H groups in total. The molecule has 1 fully saturated rings. The van der Waals surface area contributed by atoms with E-state index in [2.05, 4.69) is 0 Å². The van der Waals surface area contributed by atoms with Gasteiger partial charge in [-0.3, -0.25) is 0 Å². The number of halogens is 1. The van der Waals surface area contributed by atoms with Crippen LogP contribution in [-0.4, -0.2) is 35.4 Å². The van der Waals surface area contributed by atoms with Gasteiger partial charge < -0.3 is 9.64 Å². The number of hydrogen-bond acceptors (Lipinski definition) is 2. The largest absolute Gasteiger partial charge is 0.444 e. The molecule has 0 aromatic carbocycles. The lowest BCUT2D eigenvalue weighted by Gasteiger charge is -2.26. The van der Waals surface area contributed by atoms with Crippen LogP contribution in [0.3, 0.4) is 0 Å². The summed E-state index contributed by atoms with van der Waals surface area (Å²) in [5.74, 6) is 0. The van der Waals surface area contributed by atoms with Gasteiger partial charge in [0.25, 0.3) is 0 Å². The van der Waals surface area contributed by atoms with Crippen LogP contribution in [0.15, 0.2) is 0 Å². The zero-order chi connectivity index (χ0) is 10.9. The molecule has 0 bridgehead atoms. The molecule has 0 spiro atoms. The van der Waals surface area contributed by atoms with Gasteiger partial charge in [-0.15, -0.1) is 0 Å². The Morgan fingerprint density at radius 2 is 2.07 bits per heavy atom. The summed E-state index contributed by atoms with van der Waals surface area (Å²) in [6.45, 7) is 7.41. The predicted octanol–water partition coefficient (Wildman–Crippen LogP) is 2.35. The van der Waals surface area contributed by atoms with Crippen LogP contribution in [0.25, 0.3) is 0 Å². The molecule has 0 aromatic heterocycles. The number of carbonyl (C=O) groups excluding carboxylic acids is 1. The Morgan fingerprint density at radius 3 is 2.43 bits per heavy atom. The molecule has 82 valence electrons. The molecular weight excluding hydrogens is 185 g/mol. The second-order valence-corrected chi connectivity index (χ2v) is 4.81. The minimum Gasteiger partial charge on any atom is -0.444 e. The monoisotopic (exact) mass is 203 g/mol. The van der Waals surface area contributed by atoms with Crippen LogP contribution in [0.5, 0.6) is 0 Å². The van der Waals surface area contributed by atoms with E-state index in [1.165, 1.54) is 4.90 Å². The average molecular weight is 203 g/mol. The summed E-state index contributed by atoms with van der Waals surface area (Å²) in [5, 5.41) is 0. The minimum absolute atomic E-state index is 0.0557. The third-order valence-electron chi connectivity index (χ3n) is 2.15. The Hall–Kier alpha value is -0.800. The zero-order valence-corrected chi connectivity index (χ0v) is 9.21. The van der Waals surface area contributed by atoms with E-state index in [1.807, 2.05) is 6.92 Å². The summed E-state index contributed by atoms with van der Waals surface area (Å²) in [6.07, 6.45) is -0.901. The van der Waals surface area contributed by atoms with E-state index < -0.39 is 17.9 Å². The van der Waals surface area contributed by atoms with Crippen molar-refractivity contribution in [1.82, 2.24) is 4.90 Å². The zero-order valence-electron chi connectivity index (χ0n) is 9.21. The summed E-state index contributed by atoms with van der Waals surface area (Å²) in [6, 6.07) is -0.0557. The van der Waals surface area contributed by atoms with Crippen molar-refractivity contribution < 1.29 is 13.9 Å². The van der Waals surface area contributed by atoms with Gasteiger partial charge in [0.15, 0.2) is 0 Å². The lowest BCUT2D eigenvalue weighted by molar-refractivity contribution is 0.0230. The molecule has 1 saturated heterocycles. The summed E-state index contributed by atoms with van der Waals surface area (Å²) in [4.78, 5) is 13.0. The van der Waals surface area contributed by atoms with Crippen LogP contribution in [0, 0.1) is 0 Å². The Bertz CT molecular complexity index is 225. The van der Waals surface area contributed by atoms with Crippen molar-refractivity contribution in [3.8, 4) is 0 Å². The van der Waals surface area contributed by atoms with Crippen LogP contribution >= 0.6 is 0 Å². The molecule has 0 radical (unpaired) electrons. The maximum Gasteiger partial charge on any atom is 0.410 e. The smallest absolute Gasteiger partial charge is 0.410 e. The third kappa shape index (κ3) is 2.86. The fourth-order valence-corrected chi connectivity index (χ4v) is 1.54. The van der Waals surface area contributed by atoms with Gasteiger partial charge in [-0.2, -0.15) is 0 Å². The fraction of sp³-hybridized carbons (Fsp3) is 0.900. The second kappa shape index (κ2) is 3.75. The van der Waals surface area contributed by atoms with Gasteiger partial charge in [-0.25, -0.2) is 9.18 Å². The molecular formula is C10H18FNO2.